The van der Waals surface area contributed by atoms with Gasteiger partial charge in [-0.15, -0.1) is 0 Å². The van der Waals surface area contributed by atoms with E-state index in [4.69, 9.17) is 0 Å². The van der Waals surface area contributed by atoms with Crippen LogP contribution in [0.2, 0.25) is 0 Å². The molecule has 5 rings (SSSR count). The average Bonchev–Trinajstić information content (AvgIpc) is 3.12. The summed E-state index contributed by atoms with van der Waals surface area (Å²) < 4.78 is 4.86. The van der Waals surface area contributed by atoms with Crippen LogP contribution in [0.15, 0.2) is 97.1 Å². The summed E-state index contributed by atoms with van der Waals surface area (Å²) in [4.78, 5) is 0. The summed E-state index contributed by atoms with van der Waals surface area (Å²) in [5.41, 5.74) is 9.94. The smallest absolute Gasteiger partial charge is 0.226 e. The molecule has 0 spiro atoms. The summed E-state index contributed by atoms with van der Waals surface area (Å²) in [6, 6.07) is 34.9. The molecular formula is C31H31N2+. The summed E-state index contributed by atoms with van der Waals surface area (Å²) in [5, 5.41) is 0. The molecule has 164 valence electrons. The Morgan fingerprint density at radius 3 is 1.76 bits per heavy atom. The molecule has 4 aromatic carbocycles. The van der Waals surface area contributed by atoms with Gasteiger partial charge in [0.05, 0.1) is 12.6 Å². The molecule has 2 heteroatoms. The molecule has 2 nitrogen and oxygen atoms in total. The molecule has 0 atom stereocenters. The minimum Gasteiger partial charge on any atom is -0.226 e. The second-order valence-corrected chi connectivity index (χ2v) is 9.85. The van der Waals surface area contributed by atoms with E-state index in [9.17, 15) is 0 Å². The molecule has 0 saturated carbocycles. The van der Waals surface area contributed by atoms with E-state index in [0.29, 0.717) is 0 Å². The van der Waals surface area contributed by atoms with Crippen LogP contribution in [0.3, 0.4) is 0 Å². The molecular weight excluding hydrogens is 400 g/mol. The second kappa shape index (κ2) is 8.04. The van der Waals surface area contributed by atoms with E-state index in [0.717, 1.165) is 0 Å². The van der Waals surface area contributed by atoms with E-state index in [1.807, 2.05) is 0 Å². The highest BCUT2D eigenvalue weighted by Crippen LogP contribution is 2.33. The first-order chi connectivity index (χ1) is 15.8. The molecule has 1 heterocycles. The summed E-state index contributed by atoms with van der Waals surface area (Å²) >= 11 is 0. The number of nitrogens with zero attached hydrogens (tertiary/aromatic N) is 2. The van der Waals surface area contributed by atoms with Gasteiger partial charge in [-0.05, 0) is 79.8 Å². The number of aryl methyl sites for hydroxylation is 2. The van der Waals surface area contributed by atoms with Gasteiger partial charge in [0.15, 0.2) is 11.0 Å². The Morgan fingerprint density at radius 2 is 1.18 bits per heavy atom. The van der Waals surface area contributed by atoms with E-state index < -0.39 is 0 Å². The zero-order valence-electron chi connectivity index (χ0n) is 20.1. The van der Waals surface area contributed by atoms with Crippen LogP contribution in [0.5, 0.6) is 0 Å². The van der Waals surface area contributed by atoms with Gasteiger partial charge in [0, 0.05) is 0 Å². The van der Waals surface area contributed by atoms with Crippen LogP contribution in [0.1, 0.15) is 26.3 Å². The lowest BCUT2D eigenvalue weighted by molar-refractivity contribution is -0.721. The van der Waals surface area contributed by atoms with Crippen molar-refractivity contribution < 1.29 is 4.57 Å². The Labute approximate surface area is 196 Å². The van der Waals surface area contributed by atoms with Crippen molar-refractivity contribution in [2.24, 2.45) is 7.05 Å². The molecule has 0 N–H and O–H groups in total. The third kappa shape index (κ3) is 3.76. The van der Waals surface area contributed by atoms with Crippen molar-refractivity contribution in [1.82, 2.24) is 4.57 Å². The van der Waals surface area contributed by atoms with Gasteiger partial charge in [-0.1, -0.05) is 72.8 Å². The molecule has 0 bridgehead atoms. The van der Waals surface area contributed by atoms with Gasteiger partial charge in [0.25, 0.3) is 5.82 Å². The van der Waals surface area contributed by atoms with Gasteiger partial charge >= 0.3 is 0 Å². The monoisotopic (exact) mass is 431 g/mol. The van der Waals surface area contributed by atoms with Crippen LogP contribution in [0.4, 0.5) is 0 Å². The molecule has 0 radical (unpaired) electrons. The minimum atomic E-state index is -0.0711. The molecule has 0 aliphatic heterocycles. The van der Waals surface area contributed by atoms with Crippen LogP contribution in [-0.2, 0) is 12.6 Å². The van der Waals surface area contributed by atoms with Crippen molar-refractivity contribution in [3.8, 4) is 33.6 Å². The largest absolute Gasteiger partial charge is 0.290 e. The SMILES string of the molecule is Cc1ccc(-c2ccccc2)cc1-c1n(C)c2cc(-c3ccccc3)ccc2[n+]1C(C)(C)C. The van der Waals surface area contributed by atoms with Gasteiger partial charge in [0.2, 0.25) is 0 Å². The van der Waals surface area contributed by atoms with Crippen molar-refractivity contribution in [3.05, 3.63) is 103 Å². The van der Waals surface area contributed by atoms with E-state index in [2.05, 4.69) is 141 Å². The van der Waals surface area contributed by atoms with Crippen LogP contribution in [-0.4, -0.2) is 4.57 Å². The van der Waals surface area contributed by atoms with Gasteiger partial charge in [-0.2, -0.15) is 0 Å². The van der Waals surface area contributed by atoms with E-state index in [1.165, 1.54) is 50.2 Å². The zero-order valence-corrected chi connectivity index (χ0v) is 20.1. The molecule has 0 saturated heterocycles. The van der Waals surface area contributed by atoms with Gasteiger partial charge in [0.1, 0.15) is 5.54 Å². The molecule has 0 aliphatic carbocycles. The van der Waals surface area contributed by atoms with Crippen molar-refractivity contribution in [2.45, 2.75) is 33.2 Å². The highest BCUT2D eigenvalue weighted by molar-refractivity contribution is 5.83. The van der Waals surface area contributed by atoms with Crippen LogP contribution >= 0.6 is 0 Å². The Morgan fingerprint density at radius 1 is 0.636 bits per heavy atom. The number of benzene rings is 4. The van der Waals surface area contributed by atoms with E-state index in [1.54, 1.807) is 0 Å². The van der Waals surface area contributed by atoms with Crippen LogP contribution in [0.25, 0.3) is 44.7 Å². The molecule has 33 heavy (non-hydrogen) atoms. The first kappa shape index (κ1) is 21.2. The van der Waals surface area contributed by atoms with Crippen molar-refractivity contribution in [3.63, 3.8) is 0 Å². The fourth-order valence-electron chi connectivity index (χ4n) is 4.82. The number of rotatable bonds is 3. The van der Waals surface area contributed by atoms with E-state index in [-0.39, 0.29) is 5.54 Å². The predicted molar refractivity (Wildman–Crippen MR) is 139 cm³/mol. The third-order valence-electron chi connectivity index (χ3n) is 6.47. The van der Waals surface area contributed by atoms with Crippen molar-refractivity contribution in [1.29, 1.82) is 0 Å². The van der Waals surface area contributed by atoms with Gasteiger partial charge < -0.3 is 0 Å². The number of imidazole rings is 1. The van der Waals surface area contributed by atoms with Gasteiger partial charge in [-0.3, -0.25) is 0 Å². The van der Waals surface area contributed by atoms with Crippen LogP contribution in [0, 0.1) is 6.92 Å². The molecule has 0 unspecified atom stereocenters. The highest BCUT2D eigenvalue weighted by atomic mass is 15.2. The molecule has 0 aliphatic rings. The fourth-order valence-corrected chi connectivity index (χ4v) is 4.82. The lowest BCUT2D eigenvalue weighted by Crippen LogP contribution is -2.51. The average molecular weight is 432 g/mol. The quantitative estimate of drug-likeness (QED) is 0.261. The zero-order chi connectivity index (χ0) is 23.2. The predicted octanol–water partition coefficient (Wildman–Crippen LogP) is 7.53. The maximum absolute atomic E-state index is 2.49. The Balaban J connectivity index is 1.79. The third-order valence-corrected chi connectivity index (χ3v) is 6.47. The number of aromatic nitrogens is 2. The van der Waals surface area contributed by atoms with Crippen molar-refractivity contribution >= 4 is 11.0 Å². The first-order valence-corrected chi connectivity index (χ1v) is 11.6. The topological polar surface area (TPSA) is 8.81 Å². The lowest BCUT2D eigenvalue weighted by atomic mass is 9.98. The normalized spacial score (nSPS) is 11.8. The minimum absolute atomic E-state index is 0.0711. The maximum atomic E-state index is 2.49. The van der Waals surface area contributed by atoms with Crippen molar-refractivity contribution in [2.75, 3.05) is 0 Å². The Kier molecular flexibility index (Phi) is 5.17. The highest BCUT2D eigenvalue weighted by Gasteiger charge is 2.33. The number of hydrogen-bond donors (Lipinski definition) is 0. The maximum Gasteiger partial charge on any atom is 0.290 e. The number of fused-ring (bicyclic) bond motifs is 1. The molecule has 0 fully saturated rings. The van der Waals surface area contributed by atoms with Crippen LogP contribution < -0.4 is 4.57 Å². The summed E-state index contributed by atoms with van der Waals surface area (Å²) in [5.74, 6) is 1.23. The van der Waals surface area contributed by atoms with E-state index >= 15 is 0 Å². The fraction of sp³-hybridized carbons (Fsp3) is 0.194. The first-order valence-electron chi connectivity index (χ1n) is 11.6. The Hall–Kier alpha value is -3.65. The Bertz CT molecular complexity index is 1440. The number of hydrogen-bond acceptors (Lipinski definition) is 0. The summed E-state index contributed by atoms with van der Waals surface area (Å²) in [6.07, 6.45) is 0. The standard InChI is InChI=1S/C31H31N2/c1-22-16-17-25(23-12-8-6-9-13-23)20-27(22)30-32(5)29-21-26(24-14-10-7-11-15-24)18-19-28(29)33(30)31(2,3)4/h6-21H,1-5H3/q+1. The molecule has 0 amide bonds. The summed E-state index contributed by atoms with van der Waals surface area (Å²) in [6.45, 7) is 9.08. The molecule has 5 aromatic rings. The summed E-state index contributed by atoms with van der Waals surface area (Å²) in [7, 11) is 2.20. The lowest BCUT2D eigenvalue weighted by Gasteiger charge is -2.19. The second-order valence-electron chi connectivity index (χ2n) is 9.85. The van der Waals surface area contributed by atoms with Gasteiger partial charge in [-0.25, -0.2) is 9.13 Å². The molecule has 1 aromatic heterocycles.